The van der Waals surface area contributed by atoms with E-state index in [0.29, 0.717) is 24.3 Å². The van der Waals surface area contributed by atoms with Crippen LogP contribution in [0.4, 0.5) is 9.59 Å². The van der Waals surface area contributed by atoms with Gasteiger partial charge in [-0.25, -0.2) is 9.59 Å². The van der Waals surface area contributed by atoms with Gasteiger partial charge in [0.25, 0.3) is 23.6 Å². The van der Waals surface area contributed by atoms with Gasteiger partial charge in [-0.15, -0.1) is 23.5 Å². The molecular formula is C31H36N4O6S2. The lowest BCUT2D eigenvalue weighted by Gasteiger charge is -2.41. The fraction of sp³-hybridized carbons (Fsp3) is 0.419. The number of imide groups is 4. The van der Waals surface area contributed by atoms with E-state index in [1.807, 2.05) is 60.7 Å². The summed E-state index contributed by atoms with van der Waals surface area (Å²) in [4.78, 5) is 82.6. The topological polar surface area (TPSA) is 115 Å². The lowest BCUT2D eigenvalue weighted by Crippen LogP contribution is -2.66. The lowest BCUT2D eigenvalue weighted by molar-refractivity contribution is -0.146. The normalized spacial score (nSPS) is 18.6. The molecule has 0 aromatic heterocycles. The van der Waals surface area contributed by atoms with Crippen LogP contribution in [0.15, 0.2) is 60.7 Å². The Kier molecular flexibility index (Phi) is 10.0. The molecule has 228 valence electrons. The van der Waals surface area contributed by atoms with Gasteiger partial charge in [0, 0.05) is 41.0 Å². The van der Waals surface area contributed by atoms with Gasteiger partial charge in [0.1, 0.15) is 0 Å². The minimum atomic E-state index is -1.45. The Morgan fingerprint density at radius 2 is 0.791 bits per heavy atom. The summed E-state index contributed by atoms with van der Waals surface area (Å²) in [6, 6.07) is 17.3. The third kappa shape index (κ3) is 6.21. The Morgan fingerprint density at radius 3 is 1.09 bits per heavy atom. The summed E-state index contributed by atoms with van der Waals surface area (Å²) in [5, 5.41) is 0. The average Bonchev–Trinajstić information content (AvgIpc) is 3.03. The Balaban J connectivity index is 1.41. The van der Waals surface area contributed by atoms with Crippen molar-refractivity contribution in [3.05, 3.63) is 71.8 Å². The highest BCUT2D eigenvalue weighted by Gasteiger charge is 2.57. The van der Waals surface area contributed by atoms with Crippen molar-refractivity contribution in [3.63, 3.8) is 0 Å². The Labute approximate surface area is 260 Å². The molecule has 2 heterocycles. The van der Waals surface area contributed by atoms with Crippen LogP contribution in [0.3, 0.4) is 0 Å². The number of benzene rings is 2. The van der Waals surface area contributed by atoms with Crippen LogP contribution in [0, 0.1) is 0 Å². The van der Waals surface area contributed by atoms with E-state index in [9.17, 15) is 28.8 Å². The van der Waals surface area contributed by atoms with Gasteiger partial charge in [-0.3, -0.25) is 38.8 Å². The molecule has 0 saturated carbocycles. The number of carbonyl (C=O) groups excluding carboxylic acids is 6. The fourth-order valence-electron chi connectivity index (χ4n) is 5.36. The molecule has 0 radical (unpaired) electrons. The quantitative estimate of drug-likeness (QED) is 0.260. The van der Waals surface area contributed by atoms with E-state index in [1.165, 1.54) is 51.7 Å². The molecule has 2 aromatic carbocycles. The molecule has 2 aromatic rings. The zero-order valence-corrected chi connectivity index (χ0v) is 26.4. The van der Waals surface area contributed by atoms with E-state index in [0.717, 1.165) is 37.1 Å². The van der Waals surface area contributed by atoms with Crippen LogP contribution in [0.2, 0.25) is 0 Å². The smallest absolute Gasteiger partial charge is 0.272 e. The first-order valence-electron chi connectivity index (χ1n) is 14.0. The van der Waals surface area contributed by atoms with Gasteiger partial charge >= 0.3 is 12.1 Å². The molecule has 2 fully saturated rings. The minimum Gasteiger partial charge on any atom is -0.272 e. The number of thioether (sulfide) groups is 2. The molecule has 0 bridgehead atoms. The number of barbiturate groups is 2. The van der Waals surface area contributed by atoms with Crippen LogP contribution in [0.25, 0.3) is 0 Å². The maximum Gasteiger partial charge on any atom is 0.332 e. The molecular weight excluding hydrogens is 588 g/mol. The van der Waals surface area contributed by atoms with Crippen molar-refractivity contribution in [1.82, 2.24) is 19.6 Å². The molecule has 8 amide bonds. The molecule has 0 spiro atoms. The van der Waals surface area contributed by atoms with Gasteiger partial charge < -0.3 is 0 Å². The van der Waals surface area contributed by atoms with Crippen molar-refractivity contribution in [2.75, 3.05) is 39.7 Å². The summed E-state index contributed by atoms with van der Waals surface area (Å²) in [5.41, 5.74) is 1.64. The Hall–Kier alpha value is -3.64. The summed E-state index contributed by atoms with van der Waals surface area (Å²) in [6.07, 6.45) is 2.41. The van der Waals surface area contributed by atoms with E-state index in [4.69, 9.17) is 0 Å². The second-order valence-corrected chi connectivity index (χ2v) is 13.5. The number of carbonyl (C=O) groups is 6. The van der Waals surface area contributed by atoms with Gasteiger partial charge in [0.15, 0.2) is 9.49 Å². The van der Waals surface area contributed by atoms with Gasteiger partial charge in [-0.2, -0.15) is 0 Å². The molecule has 0 N–H and O–H groups in total. The molecule has 2 aliphatic heterocycles. The van der Waals surface area contributed by atoms with Gasteiger partial charge in [0.2, 0.25) is 0 Å². The Bertz CT molecular complexity index is 1250. The van der Waals surface area contributed by atoms with Crippen LogP contribution >= 0.6 is 23.5 Å². The summed E-state index contributed by atoms with van der Waals surface area (Å²) in [7, 11) is 5.58. The number of hydrogen-bond donors (Lipinski definition) is 0. The molecule has 0 unspecified atom stereocenters. The largest absolute Gasteiger partial charge is 0.332 e. The van der Waals surface area contributed by atoms with Crippen LogP contribution in [-0.4, -0.2) is 104 Å². The highest BCUT2D eigenvalue weighted by Crippen LogP contribution is 2.39. The monoisotopic (exact) mass is 624 g/mol. The molecule has 12 heteroatoms. The van der Waals surface area contributed by atoms with E-state index in [-0.39, 0.29) is 12.8 Å². The predicted octanol–water partition coefficient (Wildman–Crippen LogP) is 3.69. The molecule has 2 aliphatic rings. The van der Waals surface area contributed by atoms with Crippen LogP contribution in [0.5, 0.6) is 0 Å². The minimum absolute atomic E-state index is 0.167. The second kappa shape index (κ2) is 13.3. The van der Waals surface area contributed by atoms with Gasteiger partial charge in [-0.05, 0) is 35.5 Å². The van der Waals surface area contributed by atoms with Crippen molar-refractivity contribution in [3.8, 4) is 0 Å². The van der Waals surface area contributed by atoms with E-state index in [1.54, 1.807) is 0 Å². The number of amides is 8. The van der Waals surface area contributed by atoms with Crippen molar-refractivity contribution >= 4 is 59.2 Å². The van der Waals surface area contributed by atoms with Crippen molar-refractivity contribution in [2.45, 2.75) is 41.6 Å². The maximum absolute atomic E-state index is 13.4. The summed E-state index contributed by atoms with van der Waals surface area (Å²) < 4.78 is -2.90. The fourth-order valence-corrected chi connectivity index (χ4v) is 8.33. The summed E-state index contributed by atoms with van der Waals surface area (Å²) in [6.45, 7) is 0. The molecule has 10 nitrogen and oxygen atoms in total. The van der Waals surface area contributed by atoms with Crippen LogP contribution in [-0.2, 0) is 32.0 Å². The Morgan fingerprint density at radius 1 is 0.488 bits per heavy atom. The molecule has 0 aliphatic carbocycles. The van der Waals surface area contributed by atoms with Crippen LogP contribution in [0.1, 0.15) is 30.4 Å². The highest BCUT2D eigenvalue weighted by atomic mass is 32.2. The van der Waals surface area contributed by atoms with Gasteiger partial charge in [-0.1, -0.05) is 67.1 Å². The van der Waals surface area contributed by atoms with Crippen molar-refractivity contribution in [1.29, 1.82) is 0 Å². The maximum atomic E-state index is 13.4. The third-order valence-corrected chi connectivity index (χ3v) is 10.8. The molecule has 2 saturated heterocycles. The third-order valence-electron chi connectivity index (χ3n) is 7.83. The average molecular weight is 625 g/mol. The number of unbranched alkanes of at least 4 members (excludes halogenated alkanes) is 2. The van der Waals surface area contributed by atoms with Gasteiger partial charge in [0.05, 0.1) is 0 Å². The lowest BCUT2D eigenvalue weighted by atomic mass is 9.94. The van der Waals surface area contributed by atoms with E-state index >= 15 is 0 Å². The standard InChI is InChI=1S/C31H36N4O6S2/c1-32-24(36)30(25(37)33(2)28(32)40,20-22-14-8-5-9-15-22)42-18-12-7-13-19-43-31(21-23-16-10-6-11-17-23)26(38)34(3)29(41)35(4)27(31)39/h5-6,8-11,14-17H,7,12-13,18-21H2,1-4H3. The zero-order valence-electron chi connectivity index (χ0n) is 24.8. The van der Waals surface area contributed by atoms with E-state index in [2.05, 4.69) is 0 Å². The van der Waals surface area contributed by atoms with Crippen molar-refractivity contribution in [2.24, 2.45) is 0 Å². The molecule has 0 atom stereocenters. The SMILES string of the molecule is CN1C(=O)N(C)C(=O)C(Cc2ccccc2)(SCCCCCSC2(Cc3ccccc3)C(=O)N(C)C(=O)N(C)C2=O)C1=O. The molecule has 43 heavy (non-hydrogen) atoms. The first-order valence-corrected chi connectivity index (χ1v) is 16.0. The zero-order chi connectivity index (χ0) is 31.4. The number of rotatable bonds is 12. The summed E-state index contributed by atoms with van der Waals surface area (Å²) in [5.74, 6) is -1.10. The predicted molar refractivity (Wildman–Crippen MR) is 166 cm³/mol. The molecule has 4 rings (SSSR count). The number of hydrogen-bond acceptors (Lipinski definition) is 8. The first kappa shape index (κ1) is 32.3. The summed E-state index contributed by atoms with van der Waals surface area (Å²) >= 11 is 2.51. The number of nitrogens with zero attached hydrogens (tertiary/aromatic N) is 4. The second-order valence-electron chi connectivity index (χ2n) is 10.8. The number of urea groups is 2. The van der Waals surface area contributed by atoms with Crippen LogP contribution < -0.4 is 0 Å². The van der Waals surface area contributed by atoms with E-state index < -0.39 is 45.2 Å². The highest BCUT2D eigenvalue weighted by molar-refractivity contribution is 8.02. The first-order chi connectivity index (χ1) is 20.5. The van der Waals surface area contributed by atoms with Crippen molar-refractivity contribution < 1.29 is 28.8 Å².